The predicted octanol–water partition coefficient (Wildman–Crippen LogP) is 1.42. The zero-order chi connectivity index (χ0) is 15.3. The first-order chi connectivity index (χ1) is 9.99. The number of alkyl halides is 3. The van der Waals surface area contributed by atoms with Crippen molar-refractivity contribution in [1.82, 2.24) is 10.4 Å². The third-order valence-electron chi connectivity index (χ3n) is 3.11. The van der Waals surface area contributed by atoms with Gasteiger partial charge in [-0.25, -0.2) is 10.4 Å². The molecule has 8 heteroatoms. The van der Waals surface area contributed by atoms with Gasteiger partial charge >= 0.3 is 6.36 Å². The van der Waals surface area contributed by atoms with Crippen molar-refractivity contribution >= 4 is 0 Å². The molecule has 0 bridgehead atoms. The van der Waals surface area contributed by atoms with Gasteiger partial charge in [0, 0.05) is 25.2 Å². The molecule has 5 nitrogen and oxygen atoms in total. The molecule has 2 rings (SSSR count). The highest BCUT2D eigenvalue weighted by Crippen LogP contribution is 2.30. The Bertz CT molecular complexity index is 451. The first-order valence-electron chi connectivity index (χ1n) is 6.63. The van der Waals surface area contributed by atoms with Gasteiger partial charge in [-0.3, -0.25) is 0 Å². The summed E-state index contributed by atoms with van der Waals surface area (Å²) >= 11 is 0. The zero-order valence-electron chi connectivity index (χ0n) is 11.4. The fraction of sp³-hybridized carbons (Fsp3) is 0.538. The van der Waals surface area contributed by atoms with Gasteiger partial charge in [0.15, 0.2) is 0 Å². The molecule has 0 aliphatic carbocycles. The number of morpholine rings is 1. The molecule has 118 valence electrons. The molecule has 1 fully saturated rings. The number of ether oxygens (including phenoxy) is 2. The quantitative estimate of drug-likeness (QED) is 0.861. The second kappa shape index (κ2) is 7.08. The van der Waals surface area contributed by atoms with Crippen molar-refractivity contribution in [1.29, 1.82) is 0 Å². The van der Waals surface area contributed by atoms with E-state index in [9.17, 15) is 13.2 Å². The summed E-state index contributed by atoms with van der Waals surface area (Å²) in [6.45, 7) is 2.60. The van der Waals surface area contributed by atoms with Gasteiger partial charge in [-0.2, -0.15) is 0 Å². The molecule has 21 heavy (non-hydrogen) atoms. The summed E-state index contributed by atoms with van der Waals surface area (Å²) in [4.78, 5) is 0. The number of nitrogens with two attached hydrogens (primary N) is 1. The van der Waals surface area contributed by atoms with Gasteiger partial charge in [-0.15, -0.1) is 13.2 Å². The fourth-order valence-electron chi connectivity index (χ4n) is 2.15. The summed E-state index contributed by atoms with van der Waals surface area (Å²) in [5, 5.41) is 1.89. The molecule has 1 aliphatic heterocycles. The van der Waals surface area contributed by atoms with Crippen LogP contribution in [0.4, 0.5) is 13.2 Å². The van der Waals surface area contributed by atoms with Gasteiger partial charge < -0.3 is 15.2 Å². The molecule has 0 saturated carbocycles. The average molecular weight is 305 g/mol. The van der Waals surface area contributed by atoms with Crippen molar-refractivity contribution in [2.24, 2.45) is 5.73 Å². The van der Waals surface area contributed by atoms with E-state index in [0.29, 0.717) is 31.9 Å². The van der Waals surface area contributed by atoms with Crippen LogP contribution in [0.2, 0.25) is 0 Å². The summed E-state index contributed by atoms with van der Waals surface area (Å²) in [6.07, 6.45) is -4.73. The van der Waals surface area contributed by atoms with Gasteiger partial charge in [0.2, 0.25) is 0 Å². The maximum atomic E-state index is 12.4. The smallest absolute Gasteiger partial charge is 0.405 e. The second-order valence-electron chi connectivity index (χ2n) is 4.60. The van der Waals surface area contributed by atoms with Gasteiger partial charge in [0.05, 0.1) is 19.3 Å². The molecular weight excluding hydrogens is 287 g/mol. The highest BCUT2D eigenvalue weighted by atomic mass is 19.4. The molecule has 0 radical (unpaired) electrons. The van der Waals surface area contributed by atoms with E-state index in [1.807, 2.05) is 5.01 Å². The molecule has 1 aromatic rings. The van der Waals surface area contributed by atoms with Gasteiger partial charge in [0.1, 0.15) is 5.75 Å². The van der Waals surface area contributed by atoms with E-state index >= 15 is 0 Å². The Kier molecular flexibility index (Phi) is 5.40. The Balaban J connectivity index is 2.13. The number of rotatable bonds is 5. The Morgan fingerprint density at radius 1 is 1.29 bits per heavy atom. The van der Waals surface area contributed by atoms with Crippen molar-refractivity contribution < 1.29 is 22.6 Å². The Labute approximate surface area is 120 Å². The van der Waals surface area contributed by atoms with Crippen LogP contribution >= 0.6 is 0 Å². The number of nitrogens with zero attached hydrogens (tertiary/aromatic N) is 1. The normalized spacial score (nSPS) is 18.5. The molecule has 1 aromatic carbocycles. The first-order valence-corrected chi connectivity index (χ1v) is 6.63. The van der Waals surface area contributed by atoms with Crippen molar-refractivity contribution in [3.8, 4) is 5.75 Å². The minimum Gasteiger partial charge on any atom is -0.405 e. The van der Waals surface area contributed by atoms with Crippen molar-refractivity contribution in [2.45, 2.75) is 12.4 Å². The minimum absolute atomic E-state index is 0.148. The molecule has 1 atom stereocenters. The number of halogens is 3. The summed E-state index contributed by atoms with van der Waals surface area (Å²) in [5.41, 5.74) is 9.20. The highest BCUT2D eigenvalue weighted by molar-refractivity contribution is 5.36. The van der Waals surface area contributed by atoms with Crippen molar-refractivity contribution in [2.75, 3.05) is 32.8 Å². The third kappa shape index (κ3) is 4.85. The summed E-state index contributed by atoms with van der Waals surface area (Å²) in [7, 11) is 0. The van der Waals surface area contributed by atoms with Crippen molar-refractivity contribution in [3.63, 3.8) is 0 Å². The lowest BCUT2D eigenvalue weighted by molar-refractivity contribution is -0.275. The molecule has 1 aliphatic rings. The standard InChI is InChI=1S/C13H18F3N3O2/c14-13(15,16)21-12-4-2-1-3-10(12)11(9-17)18-19-5-7-20-8-6-19/h1-4,11,18H,5-9,17H2. The lowest BCUT2D eigenvalue weighted by atomic mass is 10.1. The van der Waals surface area contributed by atoms with Crippen LogP contribution in [0.1, 0.15) is 11.6 Å². The number of benzene rings is 1. The van der Waals surface area contributed by atoms with Gasteiger partial charge in [-0.05, 0) is 6.07 Å². The first kappa shape index (κ1) is 16.0. The molecule has 1 heterocycles. The average Bonchev–Trinajstić information content (AvgIpc) is 2.45. The Hall–Kier alpha value is -1.35. The van der Waals surface area contributed by atoms with Crippen molar-refractivity contribution in [3.05, 3.63) is 29.8 Å². The molecule has 1 unspecified atom stereocenters. The van der Waals surface area contributed by atoms with Crippen LogP contribution < -0.4 is 15.9 Å². The monoisotopic (exact) mass is 305 g/mol. The number of nitrogens with one attached hydrogen (secondary N) is 1. The van der Waals surface area contributed by atoms with E-state index in [1.165, 1.54) is 12.1 Å². The van der Waals surface area contributed by atoms with E-state index in [-0.39, 0.29) is 12.3 Å². The Morgan fingerprint density at radius 2 is 1.95 bits per heavy atom. The number of hydrogen-bond donors (Lipinski definition) is 2. The van der Waals surface area contributed by atoms with E-state index in [2.05, 4.69) is 10.2 Å². The summed E-state index contributed by atoms with van der Waals surface area (Å²) in [5.74, 6) is -0.235. The fourth-order valence-corrected chi connectivity index (χ4v) is 2.15. The lowest BCUT2D eigenvalue weighted by Crippen LogP contribution is -2.48. The van der Waals surface area contributed by atoms with Gasteiger partial charge in [0.25, 0.3) is 0 Å². The van der Waals surface area contributed by atoms with Crippen LogP contribution in [0.15, 0.2) is 24.3 Å². The van der Waals surface area contributed by atoms with Crippen LogP contribution in [0.25, 0.3) is 0 Å². The van der Waals surface area contributed by atoms with E-state index in [0.717, 1.165) is 0 Å². The number of hydrogen-bond acceptors (Lipinski definition) is 5. The lowest BCUT2D eigenvalue weighted by Gasteiger charge is -2.32. The van der Waals surface area contributed by atoms with Crippen LogP contribution in [0.3, 0.4) is 0 Å². The Morgan fingerprint density at radius 3 is 2.57 bits per heavy atom. The maximum absolute atomic E-state index is 12.4. The second-order valence-corrected chi connectivity index (χ2v) is 4.60. The molecular formula is C13H18F3N3O2. The zero-order valence-corrected chi connectivity index (χ0v) is 11.4. The third-order valence-corrected chi connectivity index (χ3v) is 3.11. The molecule has 0 spiro atoms. The van der Waals surface area contributed by atoms with E-state index in [4.69, 9.17) is 10.5 Å². The maximum Gasteiger partial charge on any atom is 0.573 e. The van der Waals surface area contributed by atoms with Crippen LogP contribution in [0, 0.1) is 0 Å². The SMILES string of the molecule is NCC(NN1CCOCC1)c1ccccc1OC(F)(F)F. The number of hydrazine groups is 1. The highest BCUT2D eigenvalue weighted by Gasteiger charge is 2.33. The van der Waals surface area contributed by atoms with Crippen LogP contribution in [-0.2, 0) is 4.74 Å². The van der Waals surface area contributed by atoms with Crippen LogP contribution in [0.5, 0.6) is 5.75 Å². The largest absolute Gasteiger partial charge is 0.573 e. The molecule has 1 saturated heterocycles. The summed E-state index contributed by atoms with van der Waals surface area (Å²) in [6, 6.07) is 5.55. The predicted molar refractivity (Wildman–Crippen MR) is 70.4 cm³/mol. The molecule has 0 aromatic heterocycles. The topological polar surface area (TPSA) is 59.8 Å². The van der Waals surface area contributed by atoms with E-state index in [1.54, 1.807) is 12.1 Å². The molecule has 3 N–H and O–H groups in total. The van der Waals surface area contributed by atoms with E-state index < -0.39 is 12.4 Å². The van der Waals surface area contributed by atoms with Gasteiger partial charge in [-0.1, -0.05) is 18.2 Å². The molecule has 0 amide bonds. The minimum atomic E-state index is -4.73. The number of para-hydroxylation sites is 1. The van der Waals surface area contributed by atoms with Crippen LogP contribution in [-0.4, -0.2) is 44.2 Å². The summed E-state index contributed by atoms with van der Waals surface area (Å²) < 4.78 is 46.6.